The zero-order chi connectivity index (χ0) is 14.2. The number of nitrogens with two attached hydrogens (primary N) is 1. The standard InChI is InChI=1S/C16H18ClNO2/c17-14-5-7-15(8-6-14)19-11-12-20-16-4-2-1-3-13(16)9-10-18/h1-8H,9-12,18H2. The molecule has 0 aliphatic heterocycles. The van der Waals surface area contributed by atoms with Gasteiger partial charge in [0.05, 0.1) is 0 Å². The van der Waals surface area contributed by atoms with E-state index in [-0.39, 0.29) is 0 Å². The van der Waals surface area contributed by atoms with E-state index >= 15 is 0 Å². The first-order valence-electron chi connectivity index (χ1n) is 6.59. The zero-order valence-corrected chi connectivity index (χ0v) is 12.0. The summed E-state index contributed by atoms with van der Waals surface area (Å²) in [5, 5.41) is 0.698. The maximum Gasteiger partial charge on any atom is 0.122 e. The number of ether oxygens (including phenoxy) is 2. The molecular formula is C16H18ClNO2. The molecule has 4 heteroatoms. The Morgan fingerprint density at radius 3 is 2.35 bits per heavy atom. The third kappa shape index (κ3) is 4.44. The van der Waals surface area contributed by atoms with E-state index in [2.05, 4.69) is 0 Å². The van der Waals surface area contributed by atoms with Crippen LogP contribution in [0.15, 0.2) is 48.5 Å². The average molecular weight is 292 g/mol. The van der Waals surface area contributed by atoms with Crippen molar-refractivity contribution >= 4 is 11.6 Å². The Bertz CT molecular complexity index is 528. The van der Waals surface area contributed by atoms with Crippen LogP contribution in [0.25, 0.3) is 0 Å². The summed E-state index contributed by atoms with van der Waals surface area (Å²) in [6, 6.07) is 15.2. The lowest BCUT2D eigenvalue weighted by Gasteiger charge is -2.11. The second kappa shape index (κ2) is 7.78. The molecule has 0 aliphatic carbocycles. The van der Waals surface area contributed by atoms with Crippen molar-refractivity contribution in [3.8, 4) is 11.5 Å². The fourth-order valence-electron chi connectivity index (χ4n) is 1.85. The molecule has 0 atom stereocenters. The molecule has 0 aromatic heterocycles. The van der Waals surface area contributed by atoms with Gasteiger partial charge in [-0.15, -0.1) is 0 Å². The molecule has 0 fully saturated rings. The molecule has 0 bridgehead atoms. The molecule has 0 amide bonds. The summed E-state index contributed by atoms with van der Waals surface area (Å²) in [7, 11) is 0. The molecule has 2 aromatic carbocycles. The van der Waals surface area contributed by atoms with Crippen LogP contribution < -0.4 is 15.2 Å². The van der Waals surface area contributed by atoms with Crippen LogP contribution in [0.2, 0.25) is 5.02 Å². The molecule has 20 heavy (non-hydrogen) atoms. The molecular weight excluding hydrogens is 274 g/mol. The molecule has 0 aliphatic rings. The Kier molecular flexibility index (Phi) is 5.71. The lowest BCUT2D eigenvalue weighted by Crippen LogP contribution is -2.11. The molecule has 106 valence electrons. The number of para-hydroxylation sites is 1. The summed E-state index contributed by atoms with van der Waals surface area (Å²) in [5.74, 6) is 1.66. The third-order valence-corrected chi connectivity index (χ3v) is 3.06. The van der Waals surface area contributed by atoms with Crippen LogP contribution in [0.4, 0.5) is 0 Å². The molecule has 0 saturated heterocycles. The summed E-state index contributed by atoms with van der Waals surface area (Å²) in [5.41, 5.74) is 6.71. The largest absolute Gasteiger partial charge is 0.490 e. The van der Waals surface area contributed by atoms with Gasteiger partial charge >= 0.3 is 0 Å². The van der Waals surface area contributed by atoms with Gasteiger partial charge in [0.25, 0.3) is 0 Å². The number of benzene rings is 2. The van der Waals surface area contributed by atoms with E-state index in [9.17, 15) is 0 Å². The monoisotopic (exact) mass is 291 g/mol. The van der Waals surface area contributed by atoms with Crippen molar-refractivity contribution in [3.05, 3.63) is 59.1 Å². The van der Waals surface area contributed by atoms with Gasteiger partial charge in [-0.25, -0.2) is 0 Å². The van der Waals surface area contributed by atoms with E-state index in [1.54, 1.807) is 12.1 Å². The molecule has 2 rings (SSSR count). The Morgan fingerprint density at radius 2 is 1.60 bits per heavy atom. The van der Waals surface area contributed by atoms with E-state index in [1.165, 1.54) is 0 Å². The van der Waals surface area contributed by atoms with E-state index in [0.29, 0.717) is 24.8 Å². The van der Waals surface area contributed by atoms with Gasteiger partial charge in [0.15, 0.2) is 0 Å². The van der Waals surface area contributed by atoms with Gasteiger partial charge in [-0.05, 0) is 48.9 Å². The van der Waals surface area contributed by atoms with Crippen LogP contribution in [0, 0.1) is 0 Å². The first-order valence-corrected chi connectivity index (χ1v) is 6.96. The summed E-state index contributed by atoms with van der Waals surface area (Å²) in [6.07, 6.45) is 0.814. The van der Waals surface area contributed by atoms with Crippen molar-refractivity contribution in [2.45, 2.75) is 6.42 Å². The zero-order valence-electron chi connectivity index (χ0n) is 11.2. The minimum absolute atomic E-state index is 0.485. The Balaban J connectivity index is 1.79. The van der Waals surface area contributed by atoms with Crippen LogP contribution >= 0.6 is 11.6 Å². The second-order valence-electron chi connectivity index (χ2n) is 4.30. The van der Waals surface area contributed by atoms with E-state index in [4.69, 9.17) is 26.8 Å². The number of hydrogen-bond donors (Lipinski definition) is 1. The Hall–Kier alpha value is -1.71. The minimum Gasteiger partial charge on any atom is -0.490 e. The van der Waals surface area contributed by atoms with Crippen molar-refractivity contribution < 1.29 is 9.47 Å². The maximum absolute atomic E-state index is 5.81. The Labute approximate surface area is 124 Å². The fraction of sp³-hybridized carbons (Fsp3) is 0.250. The molecule has 2 N–H and O–H groups in total. The predicted octanol–water partition coefficient (Wildman–Crippen LogP) is 3.30. The quantitative estimate of drug-likeness (QED) is 0.796. The normalized spacial score (nSPS) is 10.3. The first kappa shape index (κ1) is 14.7. The number of halogens is 1. The molecule has 0 saturated carbocycles. The lowest BCUT2D eigenvalue weighted by atomic mass is 10.1. The van der Waals surface area contributed by atoms with Crippen LogP contribution in [0.5, 0.6) is 11.5 Å². The van der Waals surface area contributed by atoms with Gasteiger partial charge < -0.3 is 15.2 Å². The molecule has 3 nitrogen and oxygen atoms in total. The molecule has 0 spiro atoms. The number of hydrogen-bond acceptors (Lipinski definition) is 3. The van der Waals surface area contributed by atoms with Crippen molar-refractivity contribution in [1.29, 1.82) is 0 Å². The highest BCUT2D eigenvalue weighted by atomic mass is 35.5. The summed E-state index contributed by atoms with van der Waals surface area (Å²) >= 11 is 5.81. The highest BCUT2D eigenvalue weighted by molar-refractivity contribution is 6.30. The van der Waals surface area contributed by atoms with Gasteiger partial charge in [0.1, 0.15) is 24.7 Å². The predicted molar refractivity (Wildman–Crippen MR) is 81.6 cm³/mol. The first-order chi connectivity index (χ1) is 9.79. The van der Waals surface area contributed by atoms with Crippen LogP contribution in [0.3, 0.4) is 0 Å². The van der Waals surface area contributed by atoms with Crippen molar-refractivity contribution in [2.24, 2.45) is 5.73 Å². The van der Waals surface area contributed by atoms with E-state index in [0.717, 1.165) is 23.5 Å². The molecule has 2 aromatic rings. The smallest absolute Gasteiger partial charge is 0.122 e. The van der Waals surface area contributed by atoms with Gasteiger partial charge in [-0.2, -0.15) is 0 Å². The fourth-order valence-corrected chi connectivity index (χ4v) is 1.97. The highest BCUT2D eigenvalue weighted by Crippen LogP contribution is 2.18. The molecule has 0 radical (unpaired) electrons. The van der Waals surface area contributed by atoms with E-state index < -0.39 is 0 Å². The average Bonchev–Trinajstić information content (AvgIpc) is 2.47. The summed E-state index contributed by atoms with van der Waals surface area (Å²) in [4.78, 5) is 0. The van der Waals surface area contributed by atoms with Gasteiger partial charge in [0.2, 0.25) is 0 Å². The number of rotatable bonds is 7. The van der Waals surface area contributed by atoms with Crippen molar-refractivity contribution in [1.82, 2.24) is 0 Å². The van der Waals surface area contributed by atoms with E-state index in [1.807, 2.05) is 36.4 Å². The lowest BCUT2D eigenvalue weighted by molar-refractivity contribution is 0.216. The Morgan fingerprint density at radius 1 is 0.900 bits per heavy atom. The van der Waals surface area contributed by atoms with Crippen LogP contribution in [-0.2, 0) is 6.42 Å². The highest BCUT2D eigenvalue weighted by Gasteiger charge is 2.02. The van der Waals surface area contributed by atoms with Gasteiger partial charge in [-0.1, -0.05) is 29.8 Å². The maximum atomic E-state index is 5.81. The summed E-state index contributed by atoms with van der Waals surface area (Å²) in [6.45, 7) is 1.59. The van der Waals surface area contributed by atoms with Crippen molar-refractivity contribution in [3.63, 3.8) is 0 Å². The topological polar surface area (TPSA) is 44.5 Å². The van der Waals surface area contributed by atoms with Gasteiger partial charge in [-0.3, -0.25) is 0 Å². The SMILES string of the molecule is NCCc1ccccc1OCCOc1ccc(Cl)cc1. The summed E-state index contributed by atoms with van der Waals surface area (Å²) < 4.78 is 11.3. The minimum atomic E-state index is 0.485. The molecule has 0 heterocycles. The third-order valence-electron chi connectivity index (χ3n) is 2.81. The molecule has 0 unspecified atom stereocenters. The van der Waals surface area contributed by atoms with Crippen LogP contribution in [0.1, 0.15) is 5.56 Å². The van der Waals surface area contributed by atoms with Crippen LogP contribution in [-0.4, -0.2) is 19.8 Å². The second-order valence-corrected chi connectivity index (χ2v) is 4.73. The van der Waals surface area contributed by atoms with Gasteiger partial charge in [0, 0.05) is 5.02 Å². The van der Waals surface area contributed by atoms with Crippen molar-refractivity contribution in [2.75, 3.05) is 19.8 Å².